The zero-order valence-electron chi connectivity index (χ0n) is 11.5. The predicted octanol–water partition coefficient (Wildman–Crippen LogP) is 4.67. The van der Waals surface area contributed by atoms with Crippen LogP contribution in [0.2, 0.25) is 0 Å². The molecule has 0 unspecified atom stereocenters. The topological polar surface area (TPSA) is 23.9 Å². The molecule has 0 aliphatic carbocycles. The highest BCUT2D eigenvalue weighted by Crippen LogP contribution is 2.24. The molecule has 92 valence electrons. The van der Waals surface area contributed by atoms with Gasteiger partial charge < -0.3 is 5.41 Å². The fourth-order valence-corrected chi connectivity index (χ4v) is 2.13. The molecule has 0 aliphatic heterocycles. The molecule has 0 atom stereocenters. The van der Waals surface area contributed by atoms with E-state index < -0.39 is 0 Å². The summed E-state index contributed by atoms with van der Waals surface area (Å²) in [6, 6.07) is 12.9. The van der Waals surface area contributed by atoms with Gasteiger partial charge >= 0.3 is 0 Å². The molecule has 0 bridgehead atoms. The number of aryl methyl sites for hydroxylation is 3. The van der Waals surface area contributed by atoms with Crippen molar-refractivity contribution in [1.82, 2.24) is 0 Å². The van der Waals surface area contributed by atoms with Crippen molar-refractivity contribution in [3.8, 4) is 11.1 Å². The third-order valence-corrected chi connectivity index (χ3v) is 3.48. The first kappa shape index (κ1) is 12.6. The number of hydrogen-bond donors (Lipinski definition) is 1. The minimum atomic E-state index is 0.623. The Kier molecular flexibility index (Phi) is 3.33. The van der Waals surface area contributed by atoms with Crippen LogP contribution in [-0.2, 0) is 0 Å². The Bertz CT molecular complexity index is 609. The molecular formula is C17H19N. The summed E-state index contributed by atoms with van der Waals surface area (Å²) in [4.78, 5) is 0. The molecule has 0 saturated heterocycles. The van der Waals surface area contributed by atoms with E-state index in [1.54, 1.807) is 0 Å². The Hall–Kier alpha value is -1.89. The molecule has 2 aromatic carbocycles. The van der Waals surface area contributed by atoms with Crippen molar-refractivity contribution in [2.75, 3.05) is 0 Å². The predicted molar refractivity (Wildman–Crippen MR) is 78.6 cm³/mol. The SMILES string of the molecule is CC(=N)c1cc(-c2ccc(C)c(C)c2)ccc1C. The van der Waals surface area contributed by atoms with Gasteiger partial charge in [-0.15, -0.1) is 0 Å². The molecule has 0 fully saturated rings. The molecule has 0 amide bonds. The normalized spacial score (nSPS) is 10.4. The molecule has 18 heavy (non-hydrogen) atoms. The standard InChI is InChI=1S/C17H19N/c1-11-5-7-15(9-13(11)3)16-8-6-12(2)17(10-16)14(4)18/h5-10,18H,1-4H3. The average molecular weight is 237 g/mol. The second kappa shape index (κ2) is 4.77. The van der Waals surface area contributed by atoms with Crippen molar-refractivity contribution >= 4 is 5.71 Å². The summed E-state index contributed by atoms with van der Waals surface area (Å²) in [5.41, 5.74) is 7.85. The van der Waals surface area contributed by atoms with Gasteiger partial charge in [-0.25, -0.2) is 0 Å². The fourth-order valence-electron chi connectivity index (χ4n) is 2.13. The lowest BCUT2D eigenvalue weighted by molar-refractivity contribution is 1.34. The molecular weight excluding hydrogens is 218 g/mol. The van der Waals surface area contributed by atoms with Crippen LogP contribution in [0.15, 0.2) is 36.4 Å². The van der Waals surface area contributed by atoms with E-state index in [4.69, 9.17) is 5.41 Å². The minimum Gasteiger partial charge on any atom is -0.305 e. The summed E-state index contributed by atoms with van der Waals surface area (Å²) in [5, 5.41) is 7.81. The number of rotatable bonds is 2. The maximum absolute atomic E-state index is 7.81. The van der Waals surface area contributed by atoms with Gasteiger partial charge in [0.05, 0.1) is 0 Å². The van der Waals surface area contributed by atoms with Crippen molar-refractivity contribution in [3.05, 3.63) is 58.7 Å². The Morgan fingerprint density at radius 2 is 1.33 bits per heavy atom. The lowest BCUT2D eigenvalue weighted by atomic mass is 9.96. The van der Waals surface area contributed by atoms with E-state index in [1.165, 1.54) is 22.3 Å². The molecule has 1 nitrogen and oxygen atoms in total. The number of hydrogen-bond acceptors (Lipinski definition) is 1. The van der Waals surface area contributed by atoms with Crippen molar-refractivity contribution in [1.29, 1.82) is 5.41 Å². The summed E-state index contributed by atoms with van der Waals surface area (Å²) in [7, 11) is 0. The largest absolute Gasteiger partial charge is 0.305 e. The highest BCUT2D eigenvalue weighted by atomic mass is 14.4. The second-order valence-electron chi connectivity index (χ2n) is 4.95. The first-order valence-electron chi connectivity index (χ1n) is 6.23. The van der Waals surface area contributed by atoms with Crippen LogP contribution in [0.1, 0.15) is 29.2 Å². The number of nitrogens with one attached hydrogen (secondary N) is 1. The van der Waals surface area contributed by atoms with Crippen LogP contribution in [0, 0.1) is 26.2 Å². The van der Waals surface area contributed by atoms with Crippen LogP contribution in [0.25, 0.3) is 11.1 Å². The lowest BCUT2D eigenvalue weighted by Gasteiger charge is -2.09. The van der Waals surface area contributed by atoms with Gasteiger partial charge in [0.1, 0.15) is 0 Å². The Morgan fingerprint density at radius 1 is 0.778 bits per heavy atom. The first-order chi connectivity index (χ1) is 8.49. The van der Waals surface area contributed by atoms with Crippen LogP contribution in [0.5, 0.6) is 0 Å². The molecule has 0 saturated carbocycles. The van der Waals surface area contributed by atoms with Crippen molar-refractivity contribution in [3.63, 3.8) is 0 Å². The molecule has 0 aliphatic rings. The molecule has 0 heterocycles. The van der Waals surface area contributed by atoms with E-state index in [2.05, 4.69) is 57.2 Å². The fraction of sp³-hybridized carbons (Fsp3) is 0.235. The molecule has 1 N–H and O–H groups in total. The third kappa shape index (κ3) is 2.35. The summed E-state index contributed by atoms with van der Waals surface area (Å²) in [6.45, 7) is 8.15. The molecule has 0 radical (unpaired) electrons. The summed E-state index contributed by atoms with van der Waals surface area (Å²) in [6.07, 6.45) is 0. The zero-order chi connectivity index (χ0) is 13.3. The van der Waals surface area contributed by atoms with E-state index in [0.29, 0.717) is 5.71 Å². The van der Waals surface area contributed by atoms with E-state index in [9.17, 15) is 0 Å². The van der Waals surface area contributed by atoms with Gasteiger partial charge in [-0.2, -0.15) is 0 Å². The van der Waals surface area contributed by atoms with E-state index in [1.807, 2.05) is 6.92 Å². The van der Waals surface area contributed by atoms with E-state index in [0.717, 1.165) is 11.1 Å². The van der Waals surface area contributed by atoms with Crippen LogP contribution < -0.4 is 0 Å². The van der Waals surface area contributed by atoms with Crippen molar-refractivity contribution in [2.45, 2.75) is 27.7 Å². The van der Waals surface area contributed by atoms with Gasteiger partial charge in [-0.1, -0.05) is 30.3 Å². The van der Waals surface area contributed by atoms with Gasteiger partial charge in [0.25, 0.3) is 0 Å². The highest BCUT2D eigenvalue weighted by molar-refractivity contribution is 5.98. The lowest BCUT2D eigenvalue weighted by Crippen LogP contribution is -1.96. The average Bonchev–Trinajstić information content (AvgIpc) is 2.33. The number of benzene rings is 2. The molecule has 2 rings (SSSR count). The summed E-state index contributed by atoms with van der Waals surface area (Å²) in [5.74, 6) is 0. The van der Waals surface area contributed by atoms with Crippen LogP contribution in [-0.4, -0.2) is 5.71 Å². The molecule has 1 heteroatoms. The maximum Gasteiger partial charge on any atom is 0.0358 e. The molecule has 2 aromatic rings. The van der Waals surface area contributed by atoms with Gasteiger partial charge in [0, 0.05) is 5.71 Å². The van der Waals surface area contributed by atoms with Crippen LogP contribution in [0.4, 0.5) is 0 Å². The summed E-state index contributed by atoms with van der Waals surface area (Å²) >= 11 is 0. The van der Waals surface area contributed by atoms with Gasteiger partial charge in [-0.05, 0) is 67.1 Å². The summed E-state index contributed by atoms with van der Waals surface area (Å²) < 4.78 is 0. The first-order valence-corrected chi connectivity index (χ1v) is 6.23. The molecule has 0 aromatic heterocycles. The molecule has 0 spiro atoms. The Labute approximate surface area is 109 Å². The minimum absolute atomic E-state index is 0.623. The van der Waals surface area contributed by atoms with Crippen molar-refractivity contribution < 1.29 is 0 Å². The van der Waals surface area contributed by atoms with Gasteiger partial charge in [-0.3, -0.25) is 0 Å². The monoisotopic (exact) mass is 237 g/mol. The second-order valence-corrected chi connectivity index (χ2v) is 4.95. The van der Waals surface area contributed by atoms with Gasteiger partial charge in [0.2, 0.25) is 0 Å². The van der Waals surface area contributed by atoms with E-state index in [-0.39, 0.29) is 0 Å². The maximum atomic E-state index is 7.81. The quantitative estimate of drug-likeness (QED) is 0.734. The zero-order valence-corrected chi connectivity index (χ0v) is 11.5. The third-order valence-electron chi connectivity index (χ3n) is 3.48. The highest BCUT2D eigenvalue weighted by Gasteiger charge is 2.05. The Morgan fingerprint density at radius 3 is 1.89 bits per heavy atom. The van der Waals surface area contributed by atoms with E-state index >= 15 is 0 Å². The Balaban J connectivity index is 2.54. The van der Waals surface area contributed by atoms with Crippen LogP contribution in [0.3, 0.4) is 0 Å². The van der Waals surface area contributed by atoms with Crippen LogP contribution >= 0.6 is 0 Å². The smallest absolute Gasteiger partial charge is 0.0358 e. The van der Waals surface area contributed by atoms with Gasteiger partial charge in [0.15, 0.2) is 0 Å². The van der Waals surface area contributed by atoms with Crippen molar-refractivity contribution in [2.24, 2.45) is 0 Å².